The maximum absolute atomic E-state index is 11.7. The minimum atomic E-state index is 0.151. The van der Waals surface area contributed by atoms with Gasteiger partial charge < -0.3 is 10.6 Å². The largest absolute Gasteiger partial charge is 0.355 e. The number of thioether (sulfide) groups is 1. The van der Waals surface area contributed by atoms with Crippen LogP contribution in [-0.4, -0.2) is 41.5 Å². The Morgan fingerprint density at radius 3 is 2.84 bits per heavy atom. The molecule has 1 saturated heterocycles. The summed E-state index contributed by atoms with van der Waals surface area (Å²) in [6.07, 6.45) is 6.78. The standard InChI is InChI=1S/C14H21N3OS/c18-14(11-19-13-4-8-16-9-5-13)17-10-3-12-1-6-15-7-2-12/h1-2,6-7,13,16H,3-5,8-11H2,(H,17,18). The van der Waals surface area contributed by atoms with Crippen molar-refractivity contribution in [2.75, 3.05) is 25.4 Å². The third kappa shape index (κ3) is 5.61. The number of pyridine rings is 1. The van der Waals surface area contributed by atoms with Crippen molar-refractivity contribution in [2.24, 2.45) is 0 Å². The highest BCUT2D eigenvalue weighted by atomic mass is 32.2. The van der Waals surface area contributed by atoms with Crippen LogP contribution in [0.1, 0.15) is 18.4 Å². The van der Waals surface area contributed by atoms with Crippen molar-refractivity contribution in [3.05, 3.63) is 30.1 Å². The molecule has 0 atom stereocenters. The molecule has 0 radical (unpaired) electrons. The number of nitrogens with zero attached hydrogens (tertiary/aromatic N) is 1. The van der Waals surface area contributed by atoms with Crippen molar-refractivity contribution in [3.63, 3.8) is 0 Å². The van der Waals surface area contributed by atoms with E-state index in [-0.39, 0.29) is 5.91 Å². The van der Waals surface area contributed by atoms with Gasteiger partial charge in [0.2, 0.25) is 5.91 Å². The molecule has 0 aliphatic carbocycles. The van der Waals surface area contributed by atoms with Crippen LogP contribution >= 0.6 is 11.8 Å². The lowest BCUT2D eigenvalue weighted by molar-refractivity contribution is -0.118. The SMILES string of the molecule is O=C(CSC1CCNCC1)NCCc1ccncc1. The molecule has 4 nitrogen and oxygen atoms in total. The highest BCUT2D eigenvalue weighted by molar-refractivity contribution is 8.00. The molecule has 104 valence electrons. The monoisotopic (exact) mass is 279 g/mol. The fourth-order valence-corrected chi connectivity index (χ4v) is 3.16. The van der Waals surface area contributed by atoms with Gasteiger partial charge in [0, 0.05) is 24.2 Å². The lowest BCUT2D eigenvalue weighted by atomic mass is 10.2. The van der Waals surface area contributed by atoms with Gasteiger partial charge in [-0.2, -0.15) is 0 Å². The lowest BCUT2D eigenvalue weighted by Gasteiger charge is -2.21. The van der Waals surface area contributed by atoms with Gasteiger partial charge in [-0.3, -0.25) is 9.78 Å². The fourth-order valence-electron chi connectivity index (χ4n) is 2.10. The van der Waals surface area contributed by atoms with E-state index in [1.807, 2.05) is 12.1 Å². The Morgan fingerprint density at radius 1 is 1.37 bits per heavy atom. The first-order chi connectivity index (χ1) is 9.34. The Balaban J connectivity index is 1.57. The van der Waals surface area contributed by atoms with E-state index in [4.69, 9.17) is 0 Å². The topological polar surface area (TPSA) is 54.0 Å². The third-order valence-corrected chi connectivity index (χ3v) is 4.59. The van der Waals surface area contributed by atoms with Gasteiger partial charge in [-0.05, 0) is 50.0 Å². The zero-order valence-corrected chi connectivity index (χ0v) is 11.9. The molecule has 1 amide bonds. The van der Waals surface area contributed by atoms with Crippen LogP contribution in [-0.2, 0) is 11.2 Å². The molecule has 0 spiro atoms. The Labute approximate surface area is 118 Å². The number of carbonyl (C=O) groups is 1. The van der Waals surface area contributed by atoms with Crippen molar-refractivity contribution in [1.82, 2.24) is 15.6 Å². The molecule has 2 rings (SSSR count). The van der Waals surface area contributed by atoms with Gasteiger partial charge in [-0.15, -0.1) is 11.8 Å². The van der Waals surface area contributed by atoms with Crippen LogP contribution in [0.2, 0.25) is 0 Å². The van der Waals surface area contributed by atoms with E-state index in [1.54, 1.807) is 24.2 Å². The molecule has 0 unspecified atom stereocenters. The van der Waals surface area contributed by atoms with Crippen molar-refractivity contribution >= 4 is 17.7 Å². The van der Waals surface area contributed by atoms with Gasteiger partial charge in [0.1, 0.15) is 0 Å². The molecular weight excluding hydrogens is 258 g/mol. The van der Waals surface area contributed by atoms with Crippen LogP contribution < -0.4 is 10.6 Å². The van der Waals surface area contributed by atoms with Gasteiger partial charge in [0.25, 0.3) is 0 Å². The molecule has 1 aromatic heterocycles. The van der Waals surface area contributed by atoms with Gasteiger partial charge >= 0.3 is 0 Å². The molecule has 2 N–H and O–H groups in total. The van der Waals surface area contributed by atoms with E-state index in [1.165, 1.54) is 18.4 Å². The number of hydrogen-bond acceptors (Lipinski definition) is 4. The summed E-state index contributed by atoms with van der Waals surface area (Å²) >= 11 is 1.79. The molecule has 1 aromatic rings. The normalized spacial score (nSPS) is 16.2. The number of amides is 1. The summed E-state index contributed by atoms with van der Waals surface area (Å²) in [5.74, 6) is 0.735. The summed E-state index contributed by atoms with van der Waals surface area (Å²) in [6, 6.07) is 3.96. The Hall–Kier alpha value is -1.07. The summed E-state index contributed by atoms with van der Waals surface area (Å²) in [5, 5.41) is 6.96. The van der Waals surface area contributed by atoms with Gasteiger partial charge in [0.05, 0.1) is 5.75 Å². The quantitative estimate of drug-likeness (QED) is 0.822. The number of nitrogens with one attached hydrogen (secondary N) is 2. The number of rotatable bonds is 6. The van der Waals surface area contributed by atoms with Gasteiger partial charge in [-0.25, -0.2) is 0 Å². The van der Waals surface area contributed by atoms with Gasteiger partial charge in [-0.1, -0.05) is 0 Å². The van der Waals surface area contributed by atoms with Crippen LogP contribution in [0.4, 0.5) is 0 Å². The minimum Gasteiger partial charge on any atom is -0.355 e. The maximum atomic E-state index is 11.7. The Morgan fingerprint density at radius 2 is 2.11 bits per heavy atom. The van der Waals surface area contributed by atoms with Crippen LogP contribution in [0.3, 0.4) is 0 Å². The number of aromatic nitrogens is 1. The van der Waals surface area contributed by atoms with Crippen LogP contribution in [0, 0.1) is 0 Å². The Kier molecular flexibility index (Phi) is 6.17. The van der Waals surface area contributed by atoms with E-state index < -0.39 is 0 Å². The molecule has 19 heavy (non-hydrogen) atoms. The van der Waals surface area contributed by atoms with Crippen molar-refractivity contribution in [3.8, 4) is 0 Å². The molecule has 2 heterocycles. The fraction of sp³-hybridized carbons (Fsp3) is 0.571. The number of hydrogen-bond donors (Lipinski definition) is 2. The molecule has 5 heteroatoms. The summed E-state index contributed by atoms with van der Waals surface area (Å²) < 4.78 is 0. The molecule has 1 fully saturated rings. The summed E-state index contributed by atoms with van der Waals surface area (Å²) in [4.78, 5) is 15.7. The van der Waals surface area contributed by atoms with Crippen LogP contribution in [0.5, 0.6) is 0 Å². The van der Waals surface area contributed by atoms with Crippen molar-refractivity contribution in [1.29, 1.82) is 0 Å². The maximum Gasteiger partial charge on any atom is 0.230 e. The van der Waals surface area contributed by atoms with Crippen molar-refractivity contribution in [2.45, 2.75) is 24.5 Å². The average Bonchev–Trinajstić information content (AvgIpc) is 2.47. The smallest absolute Gasteiger partial charge is 0.230 e. The predicted molar refractivity (Wildman–Crippen MR) is 79.3 cm³/mol. The molecule has 0 saturated carbocycles. The summed E-state index contributed by atoms with van der Waals surface area (Å²) in [6.45, 7) is 2.87. The average molecular weight is 279 g/mol. The van der Waals surface area contributed by atoms with E-state index >= 15 is 0 Å². The molecular formula is C14H21N3OS. The molecule has 0 aromatic carbocycles. The summed E-state index contributed by atoms with van der Waals surface area (Å²) in [5.41, 5.74) is 1.21. The zero-order valence-electron chi connectivity index (χ0n) is 11.1. The second-order valence-electron chi connectivity index (χ2n) is 4.72. The first-order valence-corrected chi connectivity index (χ1v) is 7.87. The van der Waals surface area contributed by atoms with E-state index in [0.29, 0.717) is 17.5 Å². The second kappa shape index (κ2) is 8.17. The minimum absolute atomic E-state index is 0.151. The predicted octanol–water partition coefficient (Wildman–Crippen LogP) is 1.23. The molecule has 1 aliphatic rings. The number of carbonyl (C=O) groups excluding carboxylic acids is 1. The van der Waals surface area contributed by atoms with Crippen LogP contribution in [0.15, 0.2) is 24.5 Å². The van der Waals surface area contributed by atoms with Gasteiger partial charge in [0.15, 0.2) is 0 Å². The highest BCUT2D eigenvalue weighted by Crippen LogP contribution is 2.19. The Bertz CT molecular complexity index is 380. The van der Waals surface area contributed by atoms with Crippen LogP contribution in [0.25, 0.3) is 0 Å². The third-order valence-electron chi connectivity index (χ3n) is 3.22. The zero-order chi connectivity index (χ0) is 13.3. The summed E-state index contributed by atoms with van der Waals surface area (Å²) in [7, 11) is 0. The highest BCUT2D eigenvalue weighted by Gasteiger charge is 2.14. The molecule has 0 bridgehead atoms. The van der Waals surface area contributed by atoms with E-state index in [9.17, 15) is 4.79 Å². The number of piperidine rings is 1. The van der Waals surface area contributed by atoms with E-state index in [0.717, 1.165) is 19.5 Å². The lowest BCUT2D eigenvalue weighted by Crippen LogP contribution is -2.32. The molecule has 1 aliphatic heterocycles. The first kappa shape index (κ1) is 14.3. The second-order valence-corrected chi connectivity index (χ2v) is 6.00. The van der Waals surface area contributed by atoms with Crippen molar-refractivity contribution < 1.29 is 4.79 Å². The first-order valence-electron chi connectivity index (χ1n) is 6.82. The van der Waals surface area contributed by atoms with E-state index in [2.05, 4.69) is 15.6 Å².